The van der Waals surface area contributed by atoms with Crippen LogP contribution in [0.2, 0.25) is 0 Å². The smallest absolute Gasteiger partial charge is 0.254 e. The lowest BCUT2D eigenvalue weighted by atomic mass is 10.1. The molecular formula is C10H9N3O. The number of carbonyl (C=O) groups is 1. The second kappa shape index (κ2) is 3.46. The number of nitrogens with zero attached hydrogens (tertiary/aromatic N) is 2. The van der Waals surface area contributed by atoms with Crippen molar-refractivity contribution < 1.29 is 4.79 Å². The second-order valence-corrected chi connectivity index (χ2v) is 3.28. The number of hydrogen-bond donors (Lipinski definition) is 1. The van der Waals surface area contributed by atoms with Gasteiger partial charge >= 0.3 is 0 Å². The average molecular weight is 187 g/mol. The summed E-state index contributed by atoms with van der Waals surface area (Å²) >= 11 is 0. The SMILES string of the molecule is N#Cc1ccncc1C(=O)NC1CC1. The van der Waals surface area contributed by atoms with Crippen LogP contribution >= 0.6 is 0 Å². The van der Waals surface area contributed by atoms with E-state index in [-0.39, 0.29) is 5.91 Å². The monoisotopic (exact) mass is 187 g/mol. The molecule has 1 fully saturated rings. The van der Waals surface area contributed by atoms with Gasteiger partial charge in [0, 0.05) is 18.4 Å². The number of amides is 1. The van der Waals surface area contributed by atoms with E-state index in [1.807, 2.05) is 6.07 Å². The van der Waals surface area contributed by atoms with E-state index in [9.17, 15) is 4.79 Å². The molecule has 1 aromatic rings. The molecule has 0 radical (unpaired) electrons. The van der Waals surface area contributed by atoms with Crippen LogP contribution in [0.5, 0.6) is 0 Å². The maximum Gasteiger partial charge on any atom is 0.254 e. The van der Waals surface area contributed by atoms with Gasteiger partial charge in [0.15, 0.2) is 0 Å². The van der Waals surface area contributed by atoms with Crippen LogP contribution in [0.4, 0.5) is 0 Å². The van der Waals surface area contributed by atoms with Gasteiger partial charge in [-0.1, -0.05) is 0 Å². The molecular weight excluding hydrogens is 178 g/mol. The summed E-state index contributed by atoms with van der Waals surface area (Å²) in [6, 6.07) is 3.81. The maximum absolute atomic E-state index is 11.6. The van der Waals surface area contributed by atoms with Crippen LogP contribution in [0.25, 0.3) is 0 Å². The van der Waals surface area contributed by atoms with Gasteiger partial charge in [0.25, 0.3) is 5.91 Å². The third-order valence-electron chi connectivity index (χ3n) is 2.10. The lowest BCUT2D eigenvalue weighted by molar-refractivity contribution is 0.0950. The maximum atomic E-state index is 11.6. The highest BCUT2D eigenvalue weighted by molar-refractivity contribution is 5.96. The van der Waals surface area contributed by atoms with E-state index < -0.39 is 0 Å². The Balaban J connectivity index is 2.21. The van der Waals surface area contributed by atoms with E-state index in [0.717, 1.165) is 12.8 Å². The van der Waals surface area contributed by atoms with Crippen LogP contribution in [-0.4, -0.2) is 16.9 Å². The molecule has 0 spiro atoms. The first kappa shape index (κ1) is 8.70. The van der Waals surface area contributed by atoms with Crippen molar-refractivity contribution in [2.24, 2.45) is 0 Å². The van der Waals surface area contributed by atoms with Crippen LogP contribution < -0.4 is 5.32 Å². The highest BCUT2D eigenvalue weighted by Gasteiger charge is 2.24. The largest absolute Gasteiger partial charge is 0.349 e. The number of carbonyl (C=O) groups excluding carboxylic acids is 1. The van der Waals surface area contributed by atoms with Crippen LogP contribution in [0, 0.1) is 11.3 Å². The molecule has 1 N–H and O–H groups in total. The third kappa shape index (κ3) is 1.72. The van der Waals surface area contributed by atoms with Crippen molar-refractivity contribution in [2.75, 3.05) is 0 Å². The first-order valence-corrected chi connectivity index (χ1v) is 4.46. The molecule has 0 saturated heterocycles. The van der Waals surface area contributed by atoms with Gasteiger partial charge in [0.2, 0.25) is 0 Å². The van der Waals surface area contributed by atoms with E-state index in [1.54, 1.807) is 6.07 Å². The zero-order valence-corrected chi connectivity index (χ0v) is 7.53. The van der Waals surface area contributed by atoms with Gasteiger partial charge in [-0.25, -0.2) is 0 Å². The Bertz CT molecular complexity index is 404. The lowest BCUT2D eigenvalue weighted by Crippen LogP contribution is -2.26. The van der Waals surface area contributed by atoms with Gasteiger partial charge in [-0.15, -0.1) is 0 Å². The molecule has 4 nitrogen and oxygen atoms in total. The summed E-state index contributed by atoms with van der Waals surface area (Å²) in [6.07, 6.45) is 5.00. The van der Waals surface area contributed by atoms with Crippen molar-refractivity contribution in [1.82, 2.24) is 10.3 Å². The summed E-state index contributed by atoms with van der Waals surface area (Å²) in [6.45, 7) is 0. The predicted octanol–water partition coefficient (Wildman–Crippen LogP) is 0.845. The fourth-order valence-electron chi connectivity index (χ4n) is 1.16. The molecule has 1 aliphatic rings. The standard InChI is InChI=1S/C10H9N3O/c11-5-7-3-4-12-6-9(7)10(14)13-8-1-2-8/h3-4,6,8H,1-2H2,(H,13,14). The van der Waals surface area contributed by atoms with Crippen LogP contribution in [-0.2, 0) is 0 Å². The predicted molar refractivity (Wildman–Crippen MR) is 49.4 cm³/mol. The Labute approximate surface area is 81.6 Å². The molecule has 1 aromatic heterocycles. The fourth-order valence-corrected chi connectivity index (χ4v) is 1.16. The molecule has 0 bridgehead atoms. The lowest BCUT2D eigenvalue weighted by Gasteiger charge is -2.03. The molecule has 1 saturated carbocycles. The summed E-state index contributed by atoms with van der Waals surface area (Å²) in [5.41, 5.74) is 0.736. The van der Waals surface area contributed by atoms with Gasteiger partial charge < -0.3 is 5.32 Å². The van der Waals surface area contributed by atoms with Crippen LogP contribution in [0.1, 0.15) is 28.8 Å². The Kier molecular flexibility index (Phi) is 2.15. The number of rotatable bonds is 2. The van der Waals surface area contributed by atoms with Crippen molar-refractivity contribution in [3.8, 4) is 6.07 Å². The molecule has 1 aliphatic carbocycles. The molecule has 1 amide bonds. The number of nitriles is 1. The summed E-state index contributed by atoms with van der Waals surface area (Å²) in [7, 11) is 0. The highest BCUT2D eigenvalue weighted by atomic mass is 16.1. The minimum atomic E-state index is -0.197. The summed E-state index contributed by atoms with van der Waals surface area (Å²) in [4.78, 5) is 15.4. The van der Waals surface area contributed by atoms with Gasteiger partial charge in [0.1, 0.15) is 6.07 Å². The molecule has 0 aromatic carbocycles. The van der Waals surface area contributed by atoms with Crippen molar-refractivity contribution in [1.29, 1.82) is 5.26 Å². The molecule has 1 heterocycles. The molecule has 0 aliphatic heterocycles. The Morgan fingerprint density at radius 2 is 2.43 bits per heavy atom. The van der Waals surface area contributed by atoms with Gasteiger partial charge in [0.05, 0.1) is 11.1 Å². The van der Waals surface area contributed by atoms with E-state index >= 15 is 0 Å². The zero-order chi connectivity index (χ0) is 9.97. The summed E-state index contributed by atoms with van der Waals surface area (Å²) in [5.74, 6) is -0.197. The third-order valence-corrected chi connectivity index (χ3v) is 2.10. The zero-order valence-electron chi connectivity index (χ0n) is 7.53. The summed E-state index contributed by atoms with van der Waals surface area (Å²) in [5, 5.41) is 11.6. The van der Waals surface area contributed by atoms with Crippen LogP contribution in [0.3, 0.4) is 0 Å². The van der Waals surface area contributed by atoms with E-state index in [0.29, 0.717) is 17.2 Å². The van der Waals surface area contributed by atoms with Crippen molar-refractivity contribution >= 4 is 5.91 Å². The minimum absolute atomic E-state index is 0.197. The second-order valence-electron chi connectivity index (χ2n) is 3.28. The normalized spacial score (nSPS) is 14.5. The fraction of sp³-hybridized carbons (Fsp3) is 0.300. The molecule has 0 atom stereocenters. The number of nitrogens with one attached hydrogen (secondary N) is 1. The number of aromatic nitrogens is 1. The van der Waals surface area contributed by atoms with Crippen molar-refractivity contribution in [3.05, 3.63) is 29.6 Å². The van der Waals surface area contributed by atoms with E-state index in [1.165, 1.54) is 12.4 Å². The van der Waals surface area contributed by atoms with Crippen molar-refractivity contribution in [3.63, 3.8) is 0 Å². The highest BCUT2D eigenvalue weighted by Crippen LogP contribution is 2.19. The van der Waals surface area contributed by atoms with Gasteiger partial charge in [-0.05, 0) is 18.9 Å². The average Bonchev–Trinajstić information content (AvgIpc) is 3.01. The van der Waals surface area contributed by atoms with E-state index in [2.05, 4.69) is 10.3 Å². The molecule has 0 unspecified atom stereocenters. The quantitative estimate of drug-likeness (QED) is 0.746. The van der Waals surface area contributed by atoms with E-state index in [4.69, 9.17) is 5.26 Å². The Morgan fingerprint density at radius 1 is 1.64 bits per heavy atom. The molecule has 14 heavy (non-hydrogen) atoms. The van der Waals surface area contributed by atoms with Crippen molar-refractivity contribution in [2.45, 2.75) is 18.9 Å². The topological polar surface area (TPSA) is 65.8 Å². The number of pyridine rings is 1. The first-order valence-electron chi connectivity index (χ1n) is 4.46. The van der Waals surface area contributed by atoms with Crippen LogP contribution in [0.15, 0.2) is 18.5 Å². The summed E-state index contributed by atoms with van der Waals surface area (Å²) < 4.78 is 0. The molecule has 4 heteroatoms. The van der Waals surface area contributed by atoms with Gasteiger partial charge in [-0.3, -0.25) is 9.78 Å². The van der Waals surface area contributed by atoms with Gasteiger partial charge in [-0.2, -0.15) is 5.26 Å². The Morgan fingerprint density at radius 3 is 3.07 bits per heavy atom. The Hall–Kier alpha value is -1.89. The number of hydrogen-bond acceptors (Lipinski definition) is 3. The first-order chi connectivity index (χ1) is 6.81. The minimum Gasteiger partial charge on any atom is -0.349 e. The molecule has 2 rings (SSSR count). The molecule has 70 valence electrons.